The van der Waals surface area contributed by atoms with Gasteiger partial charge in [0.15, 0.2) is 5.13 Å². The average Bonchev–Trinajstić information content (AvgIpc) is 2.44. The number of likely N-dealkylation sites (tertiary alicyclic amines) is 1. The number of hydrogen-bond acceptors (Lipinski definition) is 5. The number of anilines is 1. The number of rotatable bonds is 3. The second kappa shape index (κ2) is 3.79. The molecule has 1 fully saturated rings. The number of carboxylic acid groups (broad SMARTS) is 1. The maximum atomic E-state index is 10.8. The zero-order valence-corrected chi connectivity index (χ0v) is 9.47. The van der Waals surface area contributed by atoms with Gasteiger partial charge in [-0.2, -0.15) is 0 Å². The van der Waals surface area contributed by atoms with Crippen LogP contribution >= 0.6 is 11.3 Å². The van der Waals surface area contributed by atoms with E-state index in [2.05, 4.69) is 15.2 Å². The molecule has 2 rings (SSSR count). The fourth-order valence-electron chi connectivity index (χ4n) is 1.62. The molecule has 6 heteroatoms. The van der Waals surface area contributed by atoms with E-state index in [9.17, 15) is 4.79 Å². The minimum absolute atomic E-state index is 0.324. The van der Waals surface area contributed by atoms with E-state index in [4.69, 9.17) is 5.11 Å². The summed E-state index contributed by atoms with van der Waals surface area (Å²) in [4.78, 5) is 17.5. The Morgan fingerprint density at radius 3 is 2.80 bits per heavy atom. The fraction of sp³-hybridized carbons (Fsp3) is 0.556. The zero-order valence-electron chi connectivity index (χ0n) is 8.65. The molecule has 1 aliphatic heterocycles. The van der Waals surface area contributed by atoms with Crippen LogP contribution in [-0.2, 0) is 0 Å². The van der Waals surface area contributed by atoms with Crippen molar-refractivity contribution in [1.82, 2.24) is 9.88 Å². The van der Waals surface area contributed by atoms with Gasteiger partial charge in [-0.15, -0.1) is 0 Å². The quantitative estimate of drug-likeness (QED) is 0.802. The summed E-state index contributed by atoms with van der Waals surface area (Å²) >= 11 is 1.21. The molecular weight excluding hydrogens is 214 g/mol. The Morgan fingerprint density at radius 1 is 1.67 bits per heavy atom. The van der Waals surface area contributed by atoms with Gasteiger partial charge in [0.25, 0.3) is 0 Å². The molecule has 2 N–H and O–H groups in total. The molecule has 82 valence electrons. The van der Waals surface area contributed by atoms with Crippen LogP contribution in [0.1, 0.15) is 15.4 Å². The fourth-order valence-corrected chi connectivity index (χ4v) is 2.50. The standard InChI is InChI=1S/C9H13N3O2S/c1-5-7(8(13)14)15-9(10-5)11-6-3-12(2)4-6/h6H,3-4H2,1-2H3,(H,10,11)(H,13,14). The molecule has 2 heterocycles. The highest BCUT2D eigenvalue weighted by Crippen LogP contribution is 2.24. The Labute approximate surface area is 91.7 Å². The molecule has 5 nitrogen and oxygen atoms in total. The third kappa shape index (κ3) is 2.10. The highest BCUT2D eigenvalue weighted by Gasteiger charge is 2.24. The summed E-state index contributed by atoms with van der Waals surface area (Å²) in [6.45, 7) is 3.69. The number of aryl methyl sites for hydroxylation is 1. The van der Waals surface area contributed by atoms with Crippen molar-refractivity contribution in [3.63, 3.8) is 0 Å². The Morgan fingerprint density at radius 2 is 2.33 bits per heavy atom. The Balaban J connectivity index is 2.03. The molecule has 1 saturated heterocycles. The number of carbonyl (C=O) groups is 1. The van der Waals surface area contributed by atoms with E-state index < -0.39 is 5.97 Å². The first kappa shape index (κ1) is 10.4. The number of aromatic nitrogens is 1. The maximum absolute atomic E-state index is 10.8. The highest BCUT2D eigenvalue weighted by atomic mass is 32.1. The third-order valence-electron chi connectivity index (χ3n) is 2.38. The lowest BCUT2D eigenvalue weighted by Gasteiger charge is -2.36. The van der Waals surface area contributed by atoms with Gasteiger partial charge in [0.05, 0.1) is 11.7 Å². The summed E-state index contributed by atoms with van der Waals surface area (Å²) < 4.78 is 0. The predicted octanol–water partition coefficient (Wildman–Crippen LogP) is 0.876. The van der Waals surface area contributed by atoms with E-state index in [-0.39, 0.29) is 0 Å². The van der Waals surface area contributed by atoms with Gasteiger partial charge in [0.2, 0.25) is 0 Å². The lowest BCUT2D eigenvalue weighted by molar-refractivity contribution is 0.0701. The summed E-state index contributed by atoms with van der Waals surface area (Å²) in [6, 6.07) is 0.405. The molecule has 0 spiro atoms. The van der Waals surface area contributed by atoms with E-state index in [1.807, 2.05) is 7.05 Å². The summed E-state index contributed by atoms with van der Waals surface area (Å²) in [5, 5.41) is 12.8. The molecule has 0 saturated carbocycles. The largest absolute Gasteiger partial charge is 0.477 e. The van der Waals surface area contributed by atoms with Gasteiger partial charge in [-0.1, -0.05) is 11.3 Å². The van der Waals surface area contributed by atoms with Gasteiger partial charge in [-0.25, -0.2) is 9.78 Å². The molecule has 1 aromatic rings. The molecule has 0 unspecified atom stereocenters. The van der Waals surface area contributed by atoms with Crippen LogP contribution in [0.4, 0.5) is 5.13 Å². The molecule has 0 aromatic carbocycles. The molecule has 15 heavy (non-hydrogen) atoms. The molecular formula is C9H13N3O2S. The summed E-state index contributed by atoms with van der Waals surface area (Å²) in [5.74, 6) is -0.899. The smallest absolute Gasteiger partial charge is 0.347 e. The van der Waals surface area contributed by atoms with Gasteiger partial charge in [-0.05, 0) is 14.0 Å². The predicted molar refractivity (Wildman–Crippen MR) is 58.7 cm³/mol. The van der Waals surface area contributed by atoms with Crippen LogP contribution < -0.4 is 5.32 Å². The van der Waals surface area contributed by atoms with Gasteiger partial charge in [-0.3, -0.25) is 0 Å². The van der Waals surface area contributed by atoms with E-state index >= 15 is 0 Å². The molecule has 1 aliphatic rings. The van der Waals surface area contributed by atoms with Gasteiger partial charge < -0.3 is 15.3 Å². The second-order valence-electron chi connectivity index (χ2n) is 3.80. The van der Waals surface area contributed by atoms with Crippen LogP contribution in [0.15, 0.2) is 0 Å². The summed E-state index contributed by atoms with van der Waals surface area (Å²) in [6.07, 6.45) is 0. The first-order valence-electron chi connectivity index (χ1n) is 4.72. The Bertz CT molecular complexity index is 385. The van der Waals surface area contributed by atoms with Crippen LogP contribution in [0.25, 0.3) is 0 Å². The molecule has 0 atom stereocenters. The van der Waals surface area contributed by atoms with Crippen molar-refractivity contribution in [2.75, 3.05) is 25.5 Å². The second-order valence-corrected chi connectivity index (χ2v) is 4.80. The van der Waals surface area contributed by atoms with E-state index in [1.165, 1.54) is 11.3 Å². The van der Waals surface area contributed by atoms with Crippen LogP contribution in [0.5, 0.6) is 0 Å². The van der Waals surface area contributed by atoms with Crippen LogP contribution in [0, 0.1) is 6.92 Å². The van der Waals surface area contributed by atoms with E-state index in [0.717, 1.165) is 13.1 Å². The number of nitrogens with zero attached hydrogens (tertiary/aromatic N) is 2. The van der Waals surface area contributed by atoms with Gasteiger partial charge in [0, 0.05) is 13.1 Å². The number of carboxylic acids is 1. The number of thiazole rings is 1. The minimum Gasteiger partial charge on any atom is -0.477 e. The number of likely N-dealkylation sites (N-methyl/N-ethyl adjacent to an activating group) is 1. The Hall–Kier alpha value is -1.14. The first-order chi connectivity index (χ1) is 7.06. The van der Waals surface area contributed by atoms with Crippen LogP contribution in [0.3, 0.4) is 0 Å². The average molecular weight is 227 g/mol. The van der Waals surface area contributed by atoms with Gasteiger partial charge in [0.1, 0.15) is 4.88 Å². The zero-order chi connectivity index (χ0) is 11.0. The molecule has 0 amide bonds. The maximum Gasteiger partial charge on any atom is 0.347 e. The van der Waals surface area contributed by atoms with Crippen molar-refractivity contribution < 1.29 is 9.90 Å². The number of nitrogens with one attached hydrogen (secondary N) is 1. The van der Waals surface area contributed by atoms with Gasteiger partial charge >= 0.3 is 5.97 Å². The molecule has 0 bridgehead atoms. The molecule has 0 radical (unpaired) electrons. The van der Waals surface area contributed by atoms with Crippen molar-refractivity contribution >= 4 is 22.4 Å². The molecule has 1 aromatic heterocycles. The topological polar surface area (TPSA) is 65.5 Å². The number of hydrogen-bond donors (Lipinski definition) is 2. The van der Waals surface area contributed by atoms with Crippen molar-refractivity contribution in [3.8, 4) is 0 Å². The summed E-state index contributed by atoms with van der Waals surface area (Å²) in [7, 11) is 2.05. The molecule has 0 aliphatic carbocycles. The Kier molecular flexibility index (Phi) is 2.62. The minimum atomic E-state index is -0.899. The number of aromatic carboxylic acids is 1. The van der Waals surface area contributed by atoms with E-state index in [0.29, 0.717) is 21.7 Å². The lowest BCUT2D eigenvalue weighted by Crippen LogP contribution is -2.52. The highest BCUT2D eigenvalue weighted by molar-refractivity contribution is 7.17. The normalized spacial score (nSPS) is 17.5. The van der Waals surface area contributed by atoms with Crippen molar-refractivity contribution in [2.24, 2.45) is 0 Å². The monoisotopic (exact) mass is 227 g/mol. The van der Waals surface area contributed by atoms with Crippen molar-refractivity contribution in [3.05, 3.63) is 10.6 Å². The van der Waals surface area contributed by atoms with Crippen LogP contribution in [-0.4, -0.2) is 47.1 Å². The third-order valence-corrected chi connectivity index (χ3v) is 3.46. The van der Waals surface area contributed by atoms with Crippen molar-refractivity contribution in [2.45, 2.75) is 13.0 Å². The van der Waals surface area contributed by atoms with Crippen molar-refractivity contribution in [1.29, 1.82) is 0 Å². The lowest BCUT2D eigenvalue weighted by atomic mass is 10.1. The summed E-state index contributed by atoms with van der Waals surface area (Å²) in [5.41, 5.74) is 0.586. The first-order valence-corrected chi connectivity index (χ1v) is 5.53. The van der Waals surface area contributed by atoms with E-state index in [1.54, 1.807) is 6.92 Å². The SMILES string of the molecule is Cc1nc(NC2CN(C)C2)sc1C(=O)O. The van der Waals surface area contributed by atoms with Crippen LogP contribution in [0.2, 0.25) is 0 Å².